The van der Waals surface area contributed by atoms with Crippen molar-refractivity contribution in [3.63, 3.8) is 0 Å². The number of hydrogen-bond acceptors (Lipinski definition) is 9. The molecule has 1 atom stereocenters. The molecule has 0 N–H and O–H groups in total. The van der Waals surface area contributed by atoms with Crippen LogP contribution < -0.4 is 0 Å². The van der Waals surface area contributed by atoms with E-state index in [4.69, 9.17) is 23.3 Å². The van der Waals surface area contributed by atoms with Gasteiger partial charge in [0.1, 0.15) is 0 Å². The summed E-state index contributed by atoms with van der Waals surface area (Å²) in [4.78, 5) is 21.5. The Hall–Kier alpha value is -0.442. The molecule has 0 rings (SSSR count). The monoisotopic (exact) mass is 833 g/mol. The summed E-state index contributed by atoms with van der Waals surface area (Å²) >= 11 is 0. The zero-order valence-corrected chi connectivity index (χ0v) is 42.5. The molecule has 0 aromatic carbocycles. The summed E-state index contributed by atoms with van der Waals surface area (Å²) in [6.45, 7) is 38.7. The third kappa shape index (κ3) is 61.6. The van der Waals surface area contributed by atoms with Gasteiger partial charge < -0.3 is 28.0 Å². The number of hydrogen-bond donors (Lipinski definition) is 0. The van der Waals surface area contributed by atoms with Gasteiger partial charge in [0, 0.05) is 39.0 Å². The molecule has 0 heterocycles. The van der Waals surface area contributed by atoms with Crippen molar-refractivity contribution in [1.29, 1.82) is 0 Å². The average Bonchev–Trinajstić information content (AvgIpc) is 2.99. The van der Waals surface area contributed by atoms with Crippen molar-refractivity contribution in [2.24, 2.45) is 0 Å². The molecule has 0 amide bonds. The second kappa shape index (κ2) is 33.9. The van der Waals surface area contributed by atoms with Crippen LogP contribution in [0, 0.1) is 0 Å². The average molecular weight is 833 g/mol. The lowest BCUT2D eigenvalue weighted by molar-refractivity contribution is 0.0544. The predicted octanol–water partition coefficient (Wildman–Crippen LogP) is 14.1. The fourth-order valence-corrected chi connectivity index (χ4v) is 9.99. The van der Waals surface area contributed by atoms with Gasteiger partial charge in [0.15, 0.2) is 0 Å². The molecule has 9 nitrogen and oxygen atoms in total. The number of unbranched alkanes of at least 4 members (excludes halogenated alkanes) is 4. The molecular weight excluding hydrogens is 744 g/mol. The van der Waals surface area contributed by atoms with Crippen LogP contribution in [0.15, 0.2) is 0 Å². The number of rotatable bonds is 24. The maximum Gasteiger partial charge on any atom is 0.508 e. The molecular formula is C38H89O9PSi4. The predicted molar refractivity (Wildman–Crippen MR) is 237 cm³/mol. The van der Waals surface area contributed by atoms with Gasteiger partial charge in [0.05, 0.1) is 40.1 Å². The van der Waals surface area contributed by atoms with E-state index in [1.165, 1.54) is 50.5 Å². The Labute approximate surface area is 327 Å². The van der Waals surface area contributed by atoms with Crippen LogP contribution in [0.1, 0.15) is 85.0 Å². The maximum absolute atomic E-state index is 11.8. The summed E-state index contributed by atoms with van der Waals surface area (Å²) in [6, 6.07) is 5.10. The van der Waals surface area contributed by atoms with Crippen molar-refractivity contribution < 1.29 is 42.1 Å². The Bertz CT molecular complexity index is 882. The number of methoxy groups -OCH3 is 1. The van der Waals surface area contributed by atoms with Crippen LogP contribution in [-0.4, -0.2) is 91.4 Å². The van der Waals surface area contributed by atoms with Crippen molar-refractivity contribution in [1.82, 2.24) is 0 Å². The molecule has 0 aliphatic heterocycles. The van der Waals surface area contributed by atoms with Crippen LogP contribution in [0.4, 0.5) is 9.59 Å². The van der Waals surface area contributed by atoms with Crippen LogP contribution >= 0.6 is 7.60 Å². The molecule has 52 heavy (non-hydrogen) atoms. The van der Waals surface area contributed by atoms with Gasteiger partial charge in [-0.25, -0.2) is 9.59 Å². The summed E-state index contributed by atoms with van der Waals surface area (Å²) in [5.74, 6) is 0. The van der Waals surface area contributed by atoms with Gasteiger partial charge in [-0.05, 0) is 32.1 Å². The molecule has 0 bridgehead atoms. The topological polar surface area (TPSA) is 107 Å². The SMILES string of the molecule is CCCCC[Si](C)(C)C.CCCCOC(=O)OCCC[Si](C)(C)C.CCCCOP(C)(=O)OCCC[Si](C)(C)C.COC(=O)OCCC[Si](C)(C)C. The van der Waals surface area contributed by atoms with E-state index in [1.54, 1.807) is 6.66 Å². The highest BCUT2D eigenvalue weighted by atomic mass is 31.2. The van der Waals surface area contributed by atoms with E-state index in [9.17, 15) is 14.2 Å². The van der Waals surface area contributed by atoms with Crippen molar-refractivity contribution in [3.8, 4) is 0 Å². The van der Waals surface area contributed by atoms with Crippen LogP contribution in [0.2, 0.25) is 103 Å². The van der Waals surface area contributed by atoms with Crippen LogP contribution in [0.3, 0.4) is 0 Å². The highest BCUT2D eigenvalue weighted by Gasteiger charge is 2.18. The summed E-state index contributed by atoms with van der Waals surface area (Å²) in [7, 11) is -5.12. The molecule has 0 aliphatic rings. The maximum atomic E-state index is 11.8. The zero-order valence-electron chi connectivity index (χ0n) is 37.6. The molecule has 0 radical (unpaired) electrons. The third-order valence-corrected chi connectivity index (χ3v) is 15.9. The Morgan fingerprint density at radius 1 is 0.442 bits per heavy atom. The number of carbonyl (C=O) groups excluding carboxylic acids is 2. The van der Waals surface area contributed by atoms with Gasteiger partial charge in [-0.1, -0.05) is 156 Å². The van der Waals surface area contributed by atoms with Crippen molar-refractivity contribution in [3.05, 3.63) is 0 Å². The second-order valence-electron chi connectivity index (χ2n) is 18.4. The minimum absolute atomic E-state index is 0.476. The normalized spacial score (nSPS) is 12.8. The van der Waals surface area contributed by atoms with Crippen molar-refractivity contribution in [2.45, 2.75) is 188 Å². The first-order chi connectivity index (χ1) is 23.7. The van der Waals surface area contributed by atoms with E-state index in [2.05, 4.69) is 104 Å². The second-order valence-corrected chi connectivity index (χ2v) is 42.9. The van der Waals surface area contributed by atoms with E-state index in [0.29, 0.717) is 33.0 Å². The molecule has 0 saturated carbocycles. The summed E-state index contributed by atoms with van der Waals surface area (Å²) in [6.07, 6.45) is 10.00. The van der Waals surface area contributed by atoms with Crippen LogP contribution in [-0.2, 0) is 32.6 Å². The van der Waals surface area contributed by atoms with E-state index in [0.717, 1.165) is 44.9 Å². The minimum Gasteiger partial charge on any atom is -0.438 e. The molecule has 316 valence electrons. The lowest BCUT2D eigenvalue weighted by Gasteiger charge is -2.17. The first-order valence-electron chi connectivity index (χ1n) is 20.1. The third-order valence-electron chi connectivity index (χ3n) is 7.22. The van der Waals surface area contributed by atoms with Crippen LogP contribution in [0.25, 0.3) is 0 Å². The highest BCUT2D eigenvalue weighted by molar-refractivity contribution is 7.52. The van der Waals surface area contributed by atoms with Crippen LogP contribution in [0.5, 0.6) is 0 Å². The minimum atomic E-state index is -2.79. The Kier molecular flexibility index (Phi) is 37.9. The quantitative estimate of drug-likeness (QED) is 0.0406. The van der Waals surface area contributed by atoms with Crippen molar-refractivity contribution in [2.75, 3.05) is 46.8 Å². The summed E-state index contributed by atoms with van der Waals surface area (Å²) in [5.41, 5.74) is 0. The molecule has 1 unspecified atom stereocenters. The Morgan fingerprint density at radius 2 is 0.731 bits per heavy atom. The molecule has 0 fully saturated rings. The summed E-state index contributed by atoms with van der Waals surface area (Å²) in [5, 5.41) is 0. The lowest BCUT2D eigenvalue weighted by Crippen LogP contribution is -2.20. The molecule has 0 aromatic rings. The largest absolute Gasteiger partial charge is 0.508 e. The number of carbonyl (C=O) groups is 2. The fraction of sp³-hybridized carbons (Fsp3) is 0.947. The van der Waals surface area contributed by atoms with Gasteiger partial charge in [-0.15, -0.1) is 0 Å². The first-order valence-corrected chi connectivity index (χ1v) is 36.9. The van der Waals surface area contributed by atoms with Gasteiger partial charge in [-0.3, -0.25) is 4.57 Å². The molecule has 0 spiro atoms. The smallest absolute Gasteiger partial charge is 0.438 e. The van der Waals surface area contributed by atoms with Gasteiger partial charge in [0.25, 0.3) is 0 Å². The van der Waals surface area contributed by atoms with Gasteiger partial charge >= 0.3 is 19.9 Å². The lowest BCUT2D eigenvalue weighted by atomic mass is 10.3. The molecule has 0 aliphatic carbocycles. The van der Waals surface area contributed by atoms with E-state index in [1.807, 2.05) is 0 Å². The van der Waals surface area contributed by atoms with E-state index >= 15 is 0 Å². The standard InChI is InChI=1S/C11H27O3PSi.C11H24O3Si.C8H18O3Si.C8H20Si/c1-6-7-9-13-15(2,12)14-10-8-11-16(3,4)5;1-5-6-8-13-11(12)14-9-7-10-15(2,3)4;1-10-8(9)11-6-5-7-12(2,3)4;1-5-6-7-8-9(2,3)4/h6-11H2,1-5H3;5-10H2,1-4H3;5-7H2,1-4H3;5-8H2,1-4H3. The first kappa shape index (κ1) is 58.3. The number of ether oxygens (including phenoxy) is 4. The molecule has 0 aromatic heterocycles. The van der Waals surface area contributed by atoms with E-state index in [-0.39, 0.29) is 0 Å². The van der Waals surface area contributed by atoms with Crippen molar-refractivity contribution >= 4 is 52.2 Å². The Morgan fingerprint density at radius 3 is 1.08 bits per heavy atom. The fourth-order valence-electron chi connectivity index (χ4n) is 4.07. The van der Waals surface area contributed by atoms with Gasteiger partial charge in [0.2, 0.25) is 0 Å². The molecule has 0 saturated heterocycles. The highest BCUT2D eigenvalue weighted by Crippen LogP contribution is 2.44. The van der Waals surface area contributed by atoms with E-state index < -0.39 is 52.2 Å². The summed E-state index contributed by atoms with van der Waals surface area (Å²) < 4.78 is 41.2. The molecule has 14 heteroatoms. The van der Waals surface area contributed by atoms with Gasteiger partial charge in [-0.2, -0.15) is 0 Å². The Balaban J connectivity index is -0.000000301. The zero-order chi connectivity index (χ0) is 41.3.